The highest BCUT2D eigenvalue weighted by Gasteiger charge is 2.21. The van der Waals surface area contributed by atoms with Crippen LogP contribution in [-0.2, 0) is 11.2 Å². The fraction of sp³-hybridized carbons (Fsp3) is 0.286. The molecule has 0 aliphatic carbocycles. The average molecular weight is 292 g/mol. The summed E-state index contributed by atoms with van der Waals surface area (Å²) in [5, 5.41) is 2.91. The van der Waals surface area contributed by atoms with Crippen LogP contribution in [0.4, 0.5) is 9.18 Å². The normalized spacial score (nSPS) is 14.7. The smallest absolute Gasteiger partial charge is 0.409 e. The first kappa shape index (κ1) is 13.1. The Labute approximate surface area is 119 Å². The predicted octanol–water partition coefficient (Wildman–Crippen LogP) is 2.94. The zero-order chi connectivity index (χ0) is 13.9. The van der Waals surface area contributed by atoms with Crippen molar-refractivity contribution >= 4 is 17.4 Å². The molecule has 1 aromatic heterocycles. The molecule has 1 aliphatic rings. The third-order valence-electron chi connectivity index (χ3n) is 3.13. The molecular weight excluding hydrogens is 279 g/mol. The summed E-state index contributed by atoms with van der Waals surface area (Å²) in [6, 6.07) is 6.28. The zero-order valence-electron chi connectivity index (χ0n) is 10.7. The number of nitrogens with zero attached hydrogens (tertiary/aromatic N) is 2. The van der Waals surface area contributed by atoms with E-state index in [-0.39, 0.29) is 11.9 Å². The third kappa shape index (κ3) is 2.80. The Morgan fingerprint density at radius 3 is 2.85 bits per heavy atom. The van der Waals surface area contributed by atoms with E-state index in [1.54, 1.807) is 28.4 Å². The van der Waals surface area contributed by atoms with E-state index >= 15 is 0 Å². The van der Waals surface area contributed by atoms with E-state index in [0.717, 1.165) is 16.3 Å². The first-order valence-electron chi connectivity index (χ1n) is 6.34. The standard InChI is InChI=1S/C14H13FN2O2S/c15-11-3-1-10(2-4-11)12-9-20-13(16-12)5-6-17-7-8-19-14(17)18/h1-4,9H,5-8H2. The van der Waals surface area contributed by atoms with Crippen LogP contribution in [0.5, 0.6) is 0 Å². The van der Waals surface area contributed by atoms with Gasteiger partial charge >= 0.3 is 6.09 Å². The van der Waals surface area contributed by atoms with Gasteiger partial charge in [-0.05, 0) is 24.3 Å². The number of cyclic esters (lactones) is 1. The van der Waals surface area contributed by atoms with Gasteiger partial charge in [0.2, 0.25) is 0 Å². The van der Waals surface area contributed by atoms with Gasteiger partial charge in [0.05, 0.1) is 17.2 Å². The molecule has 2 heterocycles. The van der Waals surface area contributed by atoms with Crippen molar-refractivity contribution in [2.45, 2.75) is 6.42 Å². The first-order valence-corrected chi connectivity index (χ1v) is 7.22. The summed E-state index contributed by atoms with van der Waals surface area (Å²) in [4.78, 5) is 17.5. The van der Waals surface area contributed by atoms with Crippen LogP contribution >= 0.6 is 11.3 Å². The molecule has 1 amide bonds. The van der Waals surface area contributed by atoms with Crippen LogP contribution < -0.4 is 0 Å². The molecule has 0 unspecified atom stereocenters. The second-order valence-corrected chi connectivity index (χ2v) is 5.43. The SMILES string of the molecule is O=C1OCCN1CCc1nc(-c2ccc(F)cc2)cs1. The van der Waals surface area contributed by atoms with Crippen molar-refractivity contribution in [2.24, 2.45) is 0 Å². The second kappa shape index (κ2) is 5.58. The largest absolute Gasteiger partial charge is 0.448 e. The Morgan fingerprint density at radius 2 is 2.15 bits per heavy atom. The Balaban J connectivity index is 1.64. The van der Waals surface area contributed by atoms with Crippen LogP contribution in [0.15, 0.2) is 29.6 Å². The maximum Gasteiger partial charge on any atom is 0.409 e. The number of benzene rings is 1. The van der Waals surface area contributed by atoms with Gasteiger partial charge in [0.1, 0.15) is 12.4 Å². The number of hydrogen-bond donors (Lipinski definition) is 0. The predicted molar refractivity (Wildman–Crippen MR) is 74.1 cm³/mol. The number of halogens is 1. The number of aromatic nitrogens is 1. The summed E-state index contributed by atoms with van der Waals surface area (Å²) in [7, 11) is 0. The number of carbonyl (C=O) groups excluding carboxylic acids is 1. The topological polar surface area (TPSA) is 42.4 Å². The number of carbonyl (C=O) groups is 1. The molecule has 0 radical (unpaired) electrons. The molecular formula is C14H13FN2O2S. The van der Waals surface area contributed by atoms with Gasteiger partial charge in [-0.1, -0.05) is 0 Å². The minimum absolute atomic E-state index is 0.250. The average Bonchev–Trinajstić information content (AvgIpc) is 3.06. The minimum Gasteiger partial charge on any atom is -0.448 e. The van der Waals surface area contributed by atoms with Crippen LogP contribution in [0.3, 0.4) is 0 Å². The second-order valence-electron chi connectivity index (χ2n) is 4.48. The number of hydrogen-bond acceptors (Lipinski definition) is 4. The van der Waals surface area contributed by atoms with Crippen LogP contribution in [0.25, 0.3) is 11.3 Å². The van der Waals surface area contributed by atoms with Gasteiger partial charge in [0, 0.05) is 23.9 Å². The van der Waals surface area contributed by atoms with Gasteiger partial charge < -0.3 is 9.64 Å². The Hall–Kier alpha value is -1.95. The van der Waals surface area contributed by atoms with Gasteiger partial charge in [-0.2, -0.15) is 0 Å². The van der Waals surface area contributed by atoms with E-state index < -0.39 is 0 Å². The molecule has 0 atom stereocenters. The highest BCUT2D eigenvalue weighted by Crippen LogP contribution is 2.22. The van der Waals surface area contributed by atoms with Gasteiger partial charge in [-0.3, -0.25) is 0 Å². The van der Waals surface area contributed by atoms with Gasteiger partial charge in [-0.25, -0.2) is 14.2 Å². The molecule has 6 heteroatoms. The third-order valence-corrected chi connectivity index (χ3v) is 4.04. The highest BCUT2D eigenvalue weighted by atomic mass is 32.1. The fourth-order valence-electron chi connectivity index (χ4n) is 2.04. The molecule has 1 fully saturated rings. The molecule has 20 heavy (non-hydrogen) atoms. The van der Waals surface area contributed by atoms with E-state index in [1.165, 1.54) is 12.1 Å². The molecule has 1 saturated heterocycles. The minimum atomic E-state index is -0.253. The maximum absolute atomic E-state index is 12.9. The van der Waals surface area contributed by atoms with Gasteiger partial charge in [0.15, 0.2) is 0 Å². The van der Waals surface area contributed by atoms with Crippen LogP contribution in [0.1, 0.15) is 5.01 Å². The van der Waals surface area contributed by atoms with Gasteiger partial charge in [0.25, 0.3) is 0 Å². The Morgan fingerprint density at radius 1 is 1.35 bits per heavy atom. The van der Waals surface area contributed by atoms with Crippen molar-refractivity contribution in [3.05, 3.63) is 40.5 Å². The molecule has 0 saturated carbocycles. The molecule has 2 aromatic rings. The molecule has 0 N–H and O–H groups in total. The molecule has 0 bridgehead atoms. The number of rotatable bonds is 4. The summed E-state index contributed by atoms with van der Waals surface area (Å²) in [6.07, 6.45) is 0.460. The summed E-state index contributed by atoms with van der Waals surface area (Å²) in [5.74, 6) is -0.253. The summed E-state index contributed by atoms with van der Waals surface area (Å²) >= 11 is 1.55. The van der Waals surface area contributed by atoms with Crippen molar-refractivity contribution in [3.8, 4) is 11.3 Å². The van der Waals surface area contributed by atoms with Crippen molar-refractivity contribution in [1.82, 2.24) is 9.88 Å². The van der Waals surface area contributed by atoms with E-state index in [0.29, 0.717) is 26.1 Å². The molecule has 104 valence electrons. The lowest BCUT2D eigenvalue weighted by molar-refractivity contribution is 0.159. The van der Waals surface area contributed by atoms with Crippen molar-refractivity contribution in [2.75, 3.05) is 19.7 Å². The first-order chi connectivity index (χ1) is 9.72. The summed E-state index contributed by atoms with van der Waals surface area (Å²) in [5.41, 5.74) is 1.74. The van der Waals surface area contributed by atoms with E-state index in [4.69, 9.17) is 4.74 Å². The lowest BCUT2D eigenvalue weighted by Crippen LogP contribution is -2.26. The van der Waals surface area contributed by atoms with Crippen LogP contribution in [-0.4, -0.2) is 35.7 Å². The number of ether oxygens (including phenoxy) is 1. The van der Waals surface area contributed by atoms with Gasteiger partial charge in [-0.15, -0.1) is 11.3 Å². The molecule has 4 nitrogen and oxygen atoms in total. The van der Waals surface area contributed by atoms with Crippen molar-refractivity contribution in [3.63, 3.8) is 0 Å². The quantitative estimate of drug-likeness (QED) is 0.870. The van der Waals surface area contributed by atoms with E-state index in [9.17, 15) is 9.18 Å². The number of thiazole rings is 1. The monoisotopic (exact) mass is 292 g/mol. The van der Waals surface area contributed by atoms with E-state index in [2.05, 4.69) is 4.98 Å². The number of amides is 1. The van der Waals surface area contributed by atoms with E-state index in [1.807, 2.05) is 5.38 Å². The van der Waals surface area contributed by atoms with Crippen LogP contribution in [0, 0.1) is 5.82 Å². The molecule has 1 aliphatic heterocycles. The molecule has 1 aromatic carbocycles. The van der Waals surface area contributed by atoms with Crippen molar-refractivity contribution in [1.29, 1.82) is 0 Å². The lowest BCUT2D eigenvalue weighted by atomic mass is 10.2. The fourth-order valence-corrected chi connectivity index (χ4v) is 2.84. The zero-order valence-corrected chi connectivity index (χ0v) is 11.5. The van der Waals surface area contributed by atoms with Crippen LogP contribution in [0.2, 0.25) is 0 Å². The summed E-state index contributed by atoms with van der Waals surface area (Å²) < 4.78 is 17.7. The lowest BCUT2D eigenvalue weighted by Gasteiger charge is -2.10. The highest BCUT2D eigenvalue weighted by molar-refractivity contribution is 7.09. The Bertz CT molecular complexity index is 612. The van der Waals surface area contributed by atoms with Crippen molar-refractivity contribution < 1.29 is 13.9 Å². The maximum atomic E-state index is 12.9. The summed E-state index contributed by atoms with van der Waals surface area (Å²) in [6.45, 7) is 1.74. The molecule has 0 spiro atoms. The molecule has 3 rings (SSSR count). The Kier molecular flexibility index (Phi) is 3.64.